The molecule has 0 aliphatic heterocycles. The predicted molar refractivity (Wildman–Crippen MR) is 76.1 cm³/mol. The number of nitrogens with one attached hydrogen (secondary N) is 2. The quantitative estimate of drug-likeness (QED) is 0.520. The van der Waals surface area contributed by atoms with Crippen molar-refractivity contribution in [3.8, 4) is 0 Å². The van der Waals surface area contributed by atoms with E-state index in [4.69, 9.17) is 10.8 Å². The fourth-order valence-electron chi connectivity index (χ4n) is 1.57. The number of carbonyl (C=O) groups excluding carboxylic acids is 2. The Bertz CT molecular complexity index is 490. The summed E-state index contributed by atoms with van der Waals surface area (Å²) in [6, 6.07) is 8.43. The molecule has 0 heterocycles. The van der Waals surface area contributed by atoms with E-state index >= 15 is 0 Å². The zero-order chi connectivity index (χ0) is 15.7. The van der Waals surface area contributed by atoms with Crippen molar-refractivity contribution < 1.29 is 19.5 Å². The minimum atomic E-state index is -1.01. The van der Waals surface area contributed by atoms with E-state index < -0.39 is 17.9 Å². The Morgan fingerprint density at radius 2 is 1.81 bits per heavy atom. The van der Waals surface area contributed by atoms with Crippen LogP contribution < -0.4 is 16.4 Å². The van der Waals surface area contributed by atoms with Crippen LogP contribution in [0.5, 0.6) is 0 Å². The minimum Gasteiger partial charge on any atom is -0.481 e. The Balaban J connectivity index is 2.23. The van der Waals surface area contributed by atoms with Gasteiger partial charge in [0.25, 0.3) is 0 Å². The first-order valence-corrected chi connectivity index (χ1v) is 6.54. The summed E-state index contributed by atoms with van der Waals surface area (Å²) in [5.41, 5.74) is 6.46. The number of rotatable bonds is 8. The number of nitrogens with two attached hydrogens (primary N) is 1. The monoisotopic (exact) mass is 293 g/mol. The summed E-state index contributed by atoms with van der Waals surface area (Å²) in [4.78, 5) is 33.4. The molecule has 0 fully saturated rings. The molecule has 1 aromatic carbocycles. The highest BCUT2D eigenvalue weighted by molar-refractivity contribution is 5.87. The van der Waals surface area contributed by atoms with Crippen LogP contribution in [0.3, 0.4) is 0 Å². The van der Waals surface area contributed by atoms with Crippen molar-refractivity contribution in [3.05, 3.63) is 35.9 Å². The van der Waals surface area contributed by atoms with E-state index in [2.05, 4.69) is 10.6 Å². The lowest BCUT2D eigenvalue weighted by molar-refractivity contribution is -0.137. The molecule has 0 bridgehead atoms. The second-order valence-corrected chi connectivity index (χ2v) is 4.52. The SMILES string of the molecule is NC(CCC(=O)O)C(=O)NCC(=O)NCc1ccccc1. The third kappa shape index (κ3) is 7.07. The summed E-state index contributed by atoms with van der Waals surface area (Å²) < 4.78 is 0. The largest absolute Gasteiger partial charge is 0.481 e. The lowest BCUT2D eigenvalue weighted by Crippen LogP contribution is -2.44. The number of hydrogen-bond donors (Lipinski definition) is 4. The normalized spacial score (nSPS) is 11.5. The van der Waals surface area contributed by atoms with E-state index in [1.54, 1.807) is 0 Å². The highest BCUT2D eigenvalue weighted by atomic mass is 16.4. The number of aliphatic carboxylic acids is 1. The number of amides is 2. The van der Waals surface area contributed by atoms with Crippen LogP contribution in [-0.4, -0.2) is 35.5 Å². The van der Waals surface area contributed by atoms with Gasteiger partial charge in [0.15, 0.2) is 0 Å². The fourth-order valence-corrected chi connectivity index (χ4v) is 1.57. The lowest BCUT2D eigenvalue weighted by atomic mass is 10.1. The number of hydrogen-bond acceptors (Lipinski definition) is 4. The van der Waals surface area contributed by atoms with E-state index in [-0.39, 0.29) is 25.3 Å². The fraction of sp³-hybridized carbons (Fsp3) is 0.357. The molecule has 2 amide bonds. The van der Waals surface area contributed by atoms with Gasteiger partial charge in [-0.1, -0.05) is 30.3 Å². The second kappa shape index (κ2) is 8.70. The van der Waals surface area contributed by atoms with Gasteiger partial charge < -0.3 is 21.5 Å². The van der Waals surface area contributed by atoms with Crippen molar-refractivity contribution in [3.63, 3.8) is 0 Å². The highest BCUT2D eigenvalue weighted by Gasteiger charge is 2.15. The second-order valence-electron chi connectivity index (χ2n) is 4.52. The molecule has 7 heteroatoms. The first kappa shape index (κ1) is 16.6. The van der Waals surface area contributed by atoms with Crippen molar-refractivity contribution in [1.82, 2.24) is 10.6 Å². The van der Waals surface area contributed by atoms with Crippen LogP contribution in [0.2, 0.25) is 0 Å². The molecule has 1 rings (SSSR count). The molecule has 1 unspecified atom stereocenters. The third-order valence-electron chi connectivity index (χ3n) is 2.76. The molecule has 0 spiro atoms. The van der Waals surface area contributed by atoms with Gasteiger partial charge in [0.05, 0.1) is 12.6 Å². The molecular formula is C14H19N3O4. The topological polar surface area (TPSA) is 122 Å². The number of carboxylic acid groups (broad SMARTS) is 1. The van der Waals surface area contributed by atoms with Crippen molar-refractivity contribution >= 4 is 17.8 Å². The van der Waals surface area contributed by atoms with Crippen LogP contribution in [-0.2, 0) is 20.9 Å². The Kier molecular flexibility index (Phi) is 6.90. The molecule has 0 saturated heterocycles. The average Bonchev–Trinajstić information content (AvgIpc) is 2.49. The summed E-state index contributed by atoms with van der Waals surface area (Å²) >= 11 is 0. The summed E-state index contributed by atoms with van der Waals surface area (Å²) in [7, 11) is 0. The average molecular weight is 293 g/mol. The van der Waals surface area contributed by atoms with Crippen molar-refractivity contribution in [2.24, 2.45) is 5.73 Å². The van der Waals surface area contributed by atoms with Gasteiger partial charge in [0.1, 0.15) is 0 Å². The van der Waals surface area contributed by atoms with Gasteiger partial charge in [-0.15, -0.1) is 0 Å². The maximum atomic E-state index is 11.5. The molecule has 21 heavy (non-hydrogen) atoms. The van der Waals surface area contributed by atoms with Gasteiger partial charge in [-0.25, -0.2) is 0 Å². The molecule has 0 aliphatic carbocycles. The highest BCUT2D eigenvalue weighted by Crippen LogP contribution is 1.97. The van der Waals surface area contributed by atoms with Gasteiger partial charge in [-0.2, -0.15) is 0 Å². The Labute approximate surface area is 122 Å². The Morgan fingerprint density at radius 1 is 1.14 bits per heavy atom. The van der Waals surface area contributed by atoms with Crippen molar-refractivity contribution in [1.29, 1.82) is 0 Å². The van der Waals surface area contributed by atoms with E-state index in [1.165, 1.54) is 0 Å². The Morgan fingerprint density at radius 3 is 2.43 bits per heavy atom. The van der Waals surface area contributed by atoms with Gasteiger partial charge in [0, 0.05) is 13.0 Å². The molecule has 1 aromatic rings. The summed E-state index contributed by atoms with van der Waals surface area (Å²) in [6.45, 7) is 0.188. The maximum Gasteiger partial charge on any atom is 0.303 e. The van der Waals surface area contributed by atoms with Gasteiger partial charge in [-0.05, 0) is 12.0 Å². The van der Waals surface area contributed by atoms with E-state index in [0.29, 0.717) is 6.54 Å². The molecular weight excluding hydrogens is 274 g/mol. The maximum absolute atomic E-state index is 11.5. The molecule has 0 aromatic heterocycles. The van der Waals surface area contributed by atoms with Crippen molar-refractivity contribution in [2.45, 2.75) is 25.4 Å². The summed E-state index contributed by atoms with van der Waals surface area (Å²) in [5, 5.41) is 13.5. The molecule has 0 aliphatic rings. The van der Waals surface area contributed by atoms with Crippen molar-refractivity contribution in [2.75, 3.05) is 6.54 Å². The third-order valence-corrected chi connectivity index (χ3v) is 2.76. The van der Waals surface area contributed by atoms with E-state index in [0.717, 1.165) is 5.56 Å². The number of carboxylic acids is 1. The molecule has 0 saturated carbocycles. The predicted octanol–water partition coefficient (Wildman–Crippen LogP) is -0.389. The standard InChI is InChI=1S/C14H19N3O4/c15-11(6-7-13(19)20)14(21)17-9-12(18)16-8-10-4-2-1-3-5-10/h1-5,11H,6-9,15H2,(H,16,18)(H,17,21)(H,19,20). The molecule has 0 radical (unpaired) electrons. The van der Waals surface area contributed by atoms with Crippen LogP contribution in [0.15, 0.2) is 30.3 Å². The van der Waals surface area contributed by atoms with Gasteiger partial charge in [-0.3, -0.25) is 14.4 Å². The molecule has 1 atom stereocenters. The molecule has 7 nitrogen and oxygen atoms in total. The van der Waals surface area contributed by atoms with Crippen LogP contribution in [0.4, 0.5) is 0 Å². The van der Waals surface area contributed by atoms with E-state index in [1.807, 2.05) is 30.3 Å². The summed E-state index contributed by atoms with van der Waals surface area (Å²) in [6.07, 6.45) is -0.151. The molecule has 114 valence electrons. The Hall–Kier alpha value is -2.41. The van der Waals surface area contributed by atoms with Crippen LogP contribution in [0, 0.1) is 0 Å². The van der Waals surface area contributed by atoms with Crippen LogP contribution in [0.25, 0.3) is 0 Å². The van der Waals surface area contributed by atoms with Crippen LogP contribution >= 0.6 is 0 Å². The lowest BCUT2D eigenvalue weighted by Gasteiger charge is -2.11. The first-order valence-electron chi connectivity index (χ1n) is 6.54. The van der Waals surface area contributed by atoms with Gasteiger partial charge >= 0.3 is 5.97 Å². The van der Waals surface area contributed by atoms with Gasteiger partial charge in [0.2, 0.25) is 11.8 Å². The van der Waals surface area contributed by atoms with Crippen LogP contribution in [0.1, 0.15) is 18.4 Å². The van der Waals surface area contributed by atoms with E-state index in [9.17, 15) is 14.4 Å². The first-order chi connectivity index (χ1) is 9.99. The summed E-state index contributed by atoms with van der Waals surface area (Å²) in [5.74, 6) is -1.89. The minimum absolute atomic E-state index is 0.0345. The zero-order valence-electron chi connectivity index (χ0n) is 11.5. The number of benzene rings is 1. The zero-order valence-corrected chi connectivity index (χ0v) is 11.5. The molecule has 5 N–H and O–H groups in total. The smallest absolute Gasteiger partial charge is 0.303 e. The number of carbonyl (C=O) groups is 3.